The highest BCUT2D eigenvalue weighted by molar-refractivity contribution is 7.91. The summed E-state index contributed by atoms with van der Waals surface area (Å²) in [5, 5.41) is 1.80. The smallest absolute Gasteiger partial charge is 0.250 e. The van der Waals surface area contributed by atoms with Gasteiger partial charge in [0.05, 0.1) is 6.61 Å². The lowest BCUT2D eigenvalue weighted by Crippen LogP contribution is -2.46. The van der Waals surface area contributed by atoms with Gasteiger partial charge in [-0.15, -0.1) is 11.3 Å². The van der Waals surface area contributed by atoms with Crippen LogP contribution >= 0.6 is 11.3 Å². The Bertz CT molecular complexity index is 545. The number of likely N-dealkylation sites (tertiary alicyclic amines) is 1. The summed E-state index contributed by atoms with van der Waals surface area (Å²) in [5.74, 6) is 0.646. The molecule has 0 aliphatic carbocycles. The number of hydrogen-bond donors (Lipinski definition) is 1. The molecule has 1 aromatic rings. The lowest BCUT2D eigenvalue weighted by Gasteiger charge is -2.35. The summed E-state index contributed by atoms with van der Waals surface area (Å²) < 4.78 is 33.3. The van der Waals surface area contributed by atoms with E-state index in [1.54, 1.807) is 17.5 Å². The van der Waals surface area contributed by atoms with Crippen LogP contribution in [-0.2, 0) is 14.8 Å². The summed E-state index contributed by atoms with van der Waals surface area (Å²) in [6, 6.07) is 3.49. The van der Waals surface area contributed by atoms with Crippen molar-refractivity contribution >= 4 is 21.4 Å². The molecule has 0 radical (unpaired) electrons. The number of nitrogens with one attached hydrogen (secondary N) is 1. The van der Waals surface area contributed by atoms with Gasteiger partial charge in [-0.05, 0) is 56.1 Å². The first-order valence-electron chi connectivity index (χ1n) is 7.99. The van der Waals surface area contributed by atoms with Crippen molar-refractivity contribution in [1.29, 1.82) is 0 Å². The first-order chi connectivity index (χ1) is 10.6. The Labute approximate surface area is 136 Å². The first-order valence-corrected chi connectivity index (χ1v) is 10.4. The molecule has 0 spiro atoms. The Balaban J connectivity index is 1.45. The third kappa shape index (κ3) is 4.29. The Morgan fingerprint density at radius 2 is 2.14 bits per heavy atom. The summed E-state index contributed by atoms with van der Waals surface area (Å²) in [5.41, 5.74) is 0. The second-order valence-corrected chi connectivity index (χ2v) is 9.10. The van der Waals surface area contributed by atoms with Crippen LogP contribution in [0.4, 0.5) is 0 Å². The van der Waals surface area contributed by atoms with Gasteiger partial charge in [0.25, 0.3) is 0 Å². The van der Waals surface area contributed by atoms with E-state index in [0.29, 0.717) is 10.1 Å². The third-order valence-electron chi connectivity index (χ3n) is 4.44. The Hall–Kier alpha value is -0.470. The molecule has 0 unspecified atom stereocenters. The minimum absolute atomic E-state index is 0.0611. The van der Waals surface area contributed by atoms with Crippen molar-refractivity contribution in [3.63, 3.8) is 0 Å². The highest BCUT2D eigenvalue weighted by Gasteiger charge is 2.26. The molecule has 1 N–H and O–H groups in total. The maximum atomic E-state index is 12.2. The maximum Gasteiger partial charge on any atom is 0.250 e. The van der Waals surface area contributed by atoms with E-state index in [0.717, 1.165) is 45.7 Å². The van der Waals surface area contributed by atoms with Gasteiger partial charge in [-0.3, -0.25) is 0 Å². The number of ether oxygens (including phenoxy) is 1. The van der Waals surface area contributed by atoms with E-state index in [1.165, 1.54) is 24.2 Å². The summed E-state index contributed by atoms with van der Waals surface area (Å²) in [4.78, 5) is 2.45. The highest BCUT2D eigenvalue weighted by atomic mass is 32.2. The predicted octanol–water partition coefficient (Wildman–Crippen LogP) is 1.92. The topological polar surface area (TPSA) is 58.6 Å². The summed E-state index contributed by atoms with van der Waals surface area (Å²) in [6.07, 6.45) is 4.20. The molecule has 0 aromatic carbocycles. The van der Waals surface area contributed by atoms with Crippen molar-refractivity contribution in [3.05, 3.63) is 17.5 Å². The van der Waals surface area contributed by atoms with Crippen LogP contribution in [-0.4, -0.2) is 52.2 Å². The summed E-state index contributed by atoms with van der Waals surface area (Å²) in [6.45, 7) is 4.81. The molecule has 1 atom stereocenters. The molecular weight excluding hydrogens is 320 g/mol. The lowest BCUT2D eigenvalue weighted by molar-refractivity contribution is 0.0345. The van der Waals surface area contributed by atoms with Crippen LogP contribution in [0.2, 0.25) is 0 Å². The van der Waals surface area contributed by atoms with Crippen LogP contribution < -0.4 is 4.72 Å². The van der Waals surface area contributed by atoms with Gasteiger partial charge in [0, 0.05) is 19.2 Å². The number of thiophene rings is 1. The zero-order chi connectivity index (χ0) is 15.4. The Morgan fingerprint density at radius 3 is 2.77 bits per heavy atom. The molecular formula is C15H24N2O3S2. The molecule has 3 heterocycles. The highest BCUT2D eigenvalue weighted by Crippen LogP contribution is 2.21. The van der Waals surface area contributed by atoms with Crippen molar-refractivity contribution in [2.75, 3.05) is 32.8 Å². The minimum Gasteiger partial charge on any atom is -0.381 e. The van der Waals surface area contributed by atoms with E-state index in [-0.39, 0.29) is 6.04 Å². The van der Waals surface area contributed by atoms with Gasteiger partial charge >= 0.3 is 0 Å². The fraction of sp³-hybridized carbons (Fsp3) is 0.733. The van der Waals surface area contributed by atoms with Crippen molar-refractivity contribution < 1.29 is 13.2 Å². The second-order valence-electron chi connectivity index (χ2n) is 6.21. The molecule has 1 aromatic heterocycles. The predicted molar refractivity (Wildman–Crippen MR) is 87.6 cm³/mol. The third-order valence-corrected chi connectivity index (χ3v) is 7.36. The van der Waals surface area contributed by atoms with E-state index >= 15 is 0 Å². The normalized spacial score (nSPS) is 25.4. The zero-order valence-corrected chi connectivity index (χ0v) is 14.4. The molecule has 2 aliphatic heterocycles. The van der Waals surface area contributed by atoms with E-state index in [9.17, 15) is 8.42 Å². The van der Waals surface area contributed by atoms with E-state index in [1.807, 2.05) is 0 Å². The number of piperidine rings is 1. The largest absolute Gasteiger partial charge is 0.381 e. The number of sulfonamides is 1. The molecule has 5 nitrogen and oxygen atoms in total. The van der Waals surface area contributed by atoms with Gasteiger partial charge in [0.2, 0.25) is 10.0 Å². The zero-order valence-electron chi connectivity index (χ0n) is 12.7. The fourth-order valence-electron chi connectivity index (χ4n) is 3.24. The Kier molecular flexibility index (Phi) is 5.51. The van der Waals surface area contributed by atoms with Crippen molar-refractivity contribution in [2.24, 2.45) is 5.92 Å². The van der Waals surface area contributed by atoms with E-state index in [2.05, 4.69) is 9.62 Å². The van der Waals surface area contributed by atoms with Gasteiger partial charge in [-0.1, -0.05) is 6.07 Å². The van der Waals surface area contributed by atoms with Gasteiger partial charge in [0.1, 0.15) is 4.21 Å². The molecule has 124 valence electrons. The first kappa shape index (κ1) is 16.4. The maximum absolute atomic E-state index is 12.2. The minimum atomic E-state index is -3.33. The van der Waals surface area contributed by atoms with Crippen LogP contribution in [0.1, 0.15) is 25.7 Å². The Morgan fingerprint density at radius 1 is 1.32 bits per heavy atom. The number of nitrogens with zero attached hydrogens (tertiary/aromatic N) is 1. The molecule has 2 fully saturated rings. The molecule has 22 heavy (non-hydrogen) atoms. The lowest BCUT2D eigenvalue weighted by atomic mass is 9.99. The molecule has 0 saturated carbocycles. The molecule has 7 heteroatoms. The fourth-order valence-corrected chi connectivity index (χ4v) is 5.56. The van der Waals surface area contributed by atoms with Crippen molar-refractivity contribution in [3.8, 4) is 0 Å². The van der Waals surface area contributed by atoms with Crippen LogP contribution in [0.15, 0.2) is 21.7 Å². The van der Waals surface area contributed by atoms with E-state index < -0.39 is 10.0 Å². The molecule has 3 rings (SSSR count). The monoisotopic (exact) mass is 344 g/mol. The van der Waals surface area contributed by atoms with Gasteiger partial charge in [-0.2, -0.15) is 0 Å². The SMILES string of the molecule is O=S(=O)(NC1CCN(C[C@H]2CCCOC2)CC1)c1cccs1. The van der Waals surface area contributed by atoms with Gasteiger partial charge in [0.15, 0.2) is 0 Å². The number of rotatable bonds is 5. The molecule has 2 aliphatic rings. The van der Waals surface area contributed by atoms with Crippen LogP contribution in [0, 0.1) is 5.92 Å². The molecule has 0 bridgehead atoms. The van der Waals surface area contributed by atoms with E-state index in [4.69, 9.17) is 4.74 Å². The molecule has 0 amide bonds. The van der Waals surface area contributed by atoms with Gasteiger partial charge < -0.3 is 9.64 Å². The van der Waals surface area contributed by atoms with Crippen molar-refractivity contribution in [2.45, 2.75) is 35.9 Å². The van der Waals surface area contributed by atoms with Crippen LogP contribution in [0.5, 0.6) is 0 Å². The average molecular weight is 345 g/mol. The molecule has 2 saturated heterocycles. The summed E-state index contributed by atoms with van der Waals surface area (Å²) in [7, 11) is -3.33. The standard InChI is InChI=1S/C15H24N2O3S2/c18-22(19,15-4-2-10-21-15)16-14-5-7-17(8-6-14)11-13-3-1-9-20-12-13/h2,4,10,13-14,16H,1,3,5-9,11-12H2/t13-/m1/s1. The number of hydrogen-bond acceptors (Lipinski definition) is 5. The quantitative estimate of drug-likeness (QED) is 0.886. The second kappa shape index (κ2) is 7.40. The van der Waals surface area contributed by atoms with Crippen molar-refractivity contribution in [1.82, 2.24) is 9.62 Å². The summed E-state index contributed by atoms with van der Waals surface area (Å²) >= 11 is 1.27. The van der Waals surface area contributed by atoms with Crippen LogP contribution in [0.25, 0.3) is 0 Å². The van der Waals surface area contributed by atoms with Gasteiger partial charge in [-0.25, -0.2) is 13.1 Å². The van der Waals surface area contributed by atoms with Crippen LogP contribution in [0.3, 0.4) is 0 Å². The average Bonchev–Trinajstić information content (AvgIpc) is 3.05.